The molecule has 9 nitrogen and oxygen atoms in total. The third-order valence-corrected chi connectivity index (χ3v) is 5.94. The van der Waals surface area contributed by atoms with Gasteiger partial charge in [-0.05, 0) is 75.2 Å². The number of ketones is 2. The molecule has 0 radical (unpaired) electrons. The van der Waals surface area contributed by atoms with Crippen LogP contribution in [-0.4, -0.2) is 67.7 Å². The van der Waals surface area contributed by atoms with E-state index in [9.17, 15) is 19.5 Å². The van der Waals surface area contributed by atoms with Crippen molar-refractivity contribution >= 4 is 29.8 Å². The molecule has 0 spiro atoms. The summed E-state index contributed by atoms with van der Waals surface area (Å²) in [7, 11) is 4.56. The van der Waals surface area contributed by atoms with E-state index in [1.165, 1.54) is 31.3 Å². The van der Waals surface area contributed by atoms with E-state index in [0.29, 0.717) is 28.6 Å². The van der Waals surface area contributed by atoms with Crippen LogP contribution in [0.3, 0.4) is 0 Å². The molecule has 0 aliphatic rings. The monoisotopic (exact) mass is 539 g/mol. The molecular weight excluding hydrogens is 502 g/mol. The number of carboxylic acid groups (broad SMARTS) is 1. The first kappa shape index (κ1) is 31.0. The minimum absolute atomic E-state index is 0.143. The van der Waals surface area contributed by atoms with Gasteiger partial charge in [0.2, 0.25) is 0 Å². The van der Waals surface area contributed by atoms with Crippen molar-refractivity contribution in [3.8, 4) is 23.0 Å². The highest BCUT2D eigenvalue weighted by molar-refractivity contribution is 6.13. The summed E-state index contributed by atoms with van der Waals surface area (Å²) in [5, 5.41) is 9.42. The Hall–Kier alpha value is -4.27. The molecule has 2 aromatic carbocycles. The zero-order chi connectivity index (χ0) is 29.2. The van der Waals surface area contributed by atoms with Crippen molar-refractivity contribution in [2.45, 2.75) is 33.2 Å². The van der Waals surface area contributed by atoms with Crippen LogP contribution in [0.1, 0.15) is 38.8 Å². The molecule has 1 N–H and O–H groups in total. The highest BCUT2D eigenvalue weighted by Gasteiger charge is 2.25. The van der Waals surface area contributed by atoms with Crippen molar-refractivity contribution in [1.82, 2.24) is 4.90 Å². The summed E-state index contributed by atoms with van der Waals surface area (Å²) < 4.78 is 21.6. The Morgan fingerprint density at radius 2 is 1.28 bits per heavy atom. The fraction of sp³-hybridized carbons (Fsp3) is 0.367. The summed E-state index contributed by atoms with van der Waals surface area (Å²) in [5.41, 5.74) is 0.854. The van der Waals surface area contributed by atoms with Crippen molar-refractivity contribution in [2.24, 2.45) is 5.92 Å². The van der Waals surface area contributed by atoms with Crippen LogP contribution in [0, 0.1) is 5.92 Å². The van der Waals surface area contributed by atoms with E-state index < -0.39 is 17.6 Å². The molecule has 39 heavy (non-hydrogen) atoms. The number of ether oxygens (including phenoxy) is 4. The van der Waals surface area contributed by atoms with E-state index in [0.717, 1.165) is 5.56 Å². The van der Waals surface area contributed by atoms with Gasteiger partial charge in [-0.15, -0.1) is 0 Å². The third-order valence-electron chi connectivity index (χ3n) is 5.94. The van der Waals surface area contributed by atoms with Crippen LogP contribution in [0.15, 0.2) is 48.6 Å². The van der Waals surface area contributed by atoms with E-state index in [-0.39, 0.29) is 24.7 Å². The molecular formula is C30H37NO8. The van der Waals surface area contributed by atoms with Crippen LogP contribution in [0.4, 0.5) is 4.79 Å². The first-order valence-electron chi connectivity index (χ1n) is 12.4. The minimum Gasteiger partial charge on any atom is -0.493 e. The Kier molecular flexibility index (Phi) is 11.1. The first-order chi connectivity index (χ1) is 18.4. The maximum Gasteiger partial charge on any atom is 0.407 e. The number of amides is 1. The van der Waals surface area contributed by atoms with Crippen molar-refractivity contribution in [3.05, 3.63) is 59.7 Å². The molecule has 1 atom stereocenters. The number of benzene rings is 2. The van der Waals surface area contributed by atoms with Crippen molar-refractivity contribution in [3.63, 3.8) is 0 Å². The fourth-order valence-electron chi connectivity index (χ4n) is 3.61. The lowest BCUT2D eigenvalue weighted by atomic mass is 9.99. The van der Waals surface area contributed by atoms with Gasteiger partial charge < -0.3 is 29.0 Å². The number of rotatable bonds is 13. The number of hydrogen-bond acceptors (Lipinski definition) is 7. The van der Waals surface area contributed by atoms with Crippen molar-refractivity contribution in [2.75, 3.05) is 34.5 Å². The van der Waals surface area contributed by atoms with Gasteiger partial charge in [0.25, 0.3) is 0 Å². The predicted molar refractivity (Wildman–Crippen MR) is 150 cm³/mol. The molecule has 0 saturated carbocycles. The molecule has 1 unspecified atom stereocenters. The van der Waals surface area contributed by atoms with Crippen molar-refractivity contribution in [1.29, 1.82) is 0 Å². The number of hydrogen-bond donors (Lipinski definition) is 1. The Balaban J connectivity index is 2.02. The largest absolute Gasteiger partial charge is 0.493 e. The number of allylic oxidation sites excluding steroid dienone is 2. The molecule has 210 valence electrons. The summed E-state index contributed by atoms with van der Waals surface area (Å²) >= 11 is 0. The van der Waals surface area contributed by atoms with Crippen LogP contribution >= 0.6 is 0 Å². The second kappa shape index (κ2) is 14.0. The fourth-order valence-corrected chi connectivity index (χ4v) is 3.61. The minimum atomic E-state index is -1.02. The lowest BCUT2D eigenvalue weighted by molar-refractivity contribution is -0.126. The molecule has 0 aliphatic heterocycles. The van der Waals surface area contributed by atoms with Crippen LogP contribution in [0.2, 0.25) is 0 Å². The third kappa shape index (κ3) is 8.91. The van der Waals surface area contributed by atoms with Crippen LogP contribution in [0.25, 0.3) is 12.2 Å². The van der Waals surface area contributed by atoms with Gasteiger partial charge in [0, 0.05) is 5.54 Å². The van der Waals surface area contributed by atoms with Gasteiger partial charge in [-0.2, -0.15) is 0 Å². The molecule has 0 aliphatic carbocycles. The lowest BCUT2D eigenvalue weighted by Gasteiger charge is -2.33. The van der Waals surface area contributed by atoms with E-state index in [4.69, 9.17) is 18.9 Å². The van der Waals surface area contributed by atoms with E-state index in [2.05, 4.69) is 0 Å². The Morgan fingerprint density at radius 1 is 0.821 bits per heavy atom. The maximum absolute atomic E-state index is 12.6. The molecule has 9 heteroatoms. The molecule has 2 rings (SSSR count). The highest BCUT2D eigenvalue weighted by atomic mass is 16.5. The van der Waals surface area contributed by atoms with Crippen LogP contribution in [-0.2, 0) is 9.59 Å². The molecule has 0 aromatic heterocycles. The van der Waals surface area contributed by atoms with Gasteiger partial charge in [-0.3, -0.25) is 9.59 Å². The van der Waals surface area contributed by atoms with Gasteiger partial charge >= 0.3 is 6.09 Å². The first-order valence-corrected chi connectivity index (χ1v) is 12.4. The predicted octanol–water partition coefficient (Wildman–Crippen LogP) is 5.37. The Labute approximate surface area is 229 Å². The van der Waals surface area contributed by atoms with Gasteiger partial charge in [0.15, 0.2) is 34.6 Å². The highest BCUT2D eigenvalue weighted by Crippen LogP contribution is 2.29. The summed E-state index contributed by atoms with van der Waals surface area (Å²) in [6.45, 7) is 7.32. The van der Waals surface area contributed by atoms with Gasteiger partial charge in [-0.25, -0.2) is 4.79 Å². The zero-order valence-corrected chi connectivity index (χ0v) is 23.5. The maximum atomic E-state index is 12.6. The number of methoxy groups -OCH3 is 3. The summed E-state index contributed by atoms with van der Waals surface area (Å²) in [6.07, 6.45) is 4.93. The second-order valence-corrected chi connectivity index (χ2v) is 9.67. The average molecular weight is 540 g/mol. The zero-order valence-electron chi connectivity index (χ0n) is 23.5. The Morgan fingerprint density at radius 3 is 1.72 bits per heavy atom. The number of nitrogens with zero attached hydrogens (tertiary/aromatic N) is 1. The summed E-state index contributed by atoms with van der Waals surface area (Å²) in [4.78, 5) is 38.0. The standard InChI is InChI=1S/C30H37NO8/c1-20(23(32)12-8-21-10-14-25(36-5)27(18-21)37-6)24(33)13-9-22-11-15-26(28(19-22)38-7)39-17-16-31(29(34)35)30(2,3)4/h8-15,18-20H,16-17H2,1-7H3,(H,34,35)/b12-8+,13-9+. The van der Waals surface area contributed by atoms with Crippen LogP contribution in [0.5, 0.6) is 23.0 Å². The molecule has 0 bridgehead atoms. The number of carbonyl (C=O) groups is 3. The molecule has 0 heterocycles. The van der Waals surface area contributed by atoms with Crippen molar-refractivity contribution < 1.29 is 38.4 Å². The second-order valence-electron chi connectivity index (χ2n) is 9.67. The molecule has 1 amide bonds. The van der Waals surface area contributed by atoms with E-state index in [1.54, 1.807) is 62.6 Å². The lowest BCUT2D eigenvalue weighted by Crippen LogP contribution is -2.46. The van der Waals surface area contributed by atoms with E-state index >= 15 is 0 Å². The molecule has 0 saturated heterocycles. The Bertz CT molecular complexity index is 1230. The number of carbonyl (C=O) groups excluding carboxylic acids is 2. The smallest absolute Gasteiger partial charge is 0.407 e. The van der Waals surface area contributed by atoms with Gasteiger partial charge in [0.05, 0.1) is 33.8 Å². The SMILES string of the molecule is COc1ccc(/C=C/C(=O)C(C)C(=O)/C=C/c2ccc(OCCN(C(=O)O)C(C)(C)C)c(OC)c2)cc1OC. The van der Waals surface area contributed by atoms with E-state index in [1.807, 2.05) is 20.8 Å². The normalized spacial score (nSPS) is 12.3. The average Bonchev–Trinajstić information content (AvgIpc) is 2.91. The quantitative estimate of drug-likeness (QED) is 0.267. The summed E-state index contributed by atoms with van der Waals surface area (Å²) in [5.74, 6) is 0.475. The summed E-state index contributed by atoms with van der Waals surface area (Å²) in [6, 6.07) is 10.4. The molecule has 2 aromatic rings. The van der Waals surface area contributed by atoms with Crippen LogP contribution < -0.4 is 18.9 Å². The molecule has 0 fully saturated rings. The van der Waals surface area contributed by atoms with Gasteiger partial charge in [0.1, 0.15) is 6.61 Å². The topological polar surface area (TPSA) is 112 Å². The van der Waals surface area contributed by atoms with Gasteiger partial charge in [-0.1, -0.05) is 24.3 Å².